The van der Waals surface area contributed by atoms with Crippen LogP contribution in [-0.4, -0.2) is 99.9 Å². The van der Waals surface area contributed by atoms with Crippen LogP contribution in [0.5, 0.6) is 34.5 Å². The van der Waals surface area contributed by atoms with Crippen LogP contribution in [0.2, 0.25) is 0 Å². The normalized spacial score (nSPS) is 20.1. The number of thiol groups is 1. The number of anilines is 2. The maximum Gasteiger partial charge on any atom is 0.288 e. The third kappa shape index (κ3) is 8.77. The number of hydrogen-bond donors (Lipinski definition) is 4. The zero-order valence-corrected chi connectivity index (χ0v) is 36.1. The van der Waals surface area contributed by atoms with Crippen LogP contribution in [0.15, 0.2) is 85.2 Å². The van der Waals surface area contributed by atoms with Crippen molar-refractivity contribution in [1.29, 1.82) is 0 Å². The van der Waals surface area contributed by atoms with Gasteiger partial charge in [0.25, 0.3) is 21.9 Å². The second-order valence-electron chi connectivity index (χ2n) is 14.8. The summed E-state index contributed by atoms with van der Waals surface area (Å²) in [6.45, 7) is 0.236. The minimum atomic E-state index is -4.73. The molecule has 0 bridgehead atoms. The molecule has 8 rings (SSSR count). The number of hydrogen-bond acceptors (Lipinski definition) is 16. The molecular formula is C43H44N4O14S2. The molecule has 3 N–H and O–H groups in total. The first-order valence-electron chi connectivity index (χ1n) is 19.6. The van der Waals surface area contributed by atoms with E-state index in [-0.39, 0.29) is 48.3 Å². The van der Waals surface area contributed by atoms with E-state index < -0.39 is 39.7 Å². The molecule has 0 saturated carbocycles. The summed E-state index contributed by atoms with van der Waals surface area (Å²) < 4.78 is 74.7. The lowest BCUT2D eigenvalue weighted by Crippen LogP contribution is -2.46. The molecule has 2 unspecified atom stereocenters. The third-order valence-electron chi connectivity index (χ3n) is 11.2. The van der Waals surface area contributed by atoms with Gasteiger partial charge >= 0.3 is 0 Å². The van der Waals surface area contributed by atoms with E-state index in [4.69, 9.17) is 38.3 Å². The summed E-state index contributed by atoms with van der Waals surface area (Å²) in [5.74, 6) is 1.52. The van der Waals surface area contributed by atoms with Gasteiger partial charge in [0.05, 0.1) is 76.2 Å². The summed E-state index contributed by atoms with van der Waals surface area (Å²) >= 11 is 3.63. The molecular weight excluding hydrogens is 861 g/mol. The minimum Gasteiger partial charge on any atom is -0.497 e. The lowest BCUT2D eigenvalue weighted by molar-refractivity contribution is -0.475. The Kier molecular flexibility index (Phi) is 12.6. The van der Waals surface area contributed by atoms with Crippen molar-refractivity contribution in [2.45, 2.75) is 42.9 Å². The topological polar surface area (TPSA) is 202 Å². The van der Waals surface area contributed by atoms with E-state index in [1.54, 1.807) is 54.7 Å². The molecule has 0 spiro atoms. The van der Waals surface area contributed by atoms with Gasteiger partial charge in [0.15, 0.2) is 34.6 Å². The van der Waals surface area contributed by atoms with E-state index in [9.17, 15) is 22.6 Å². The van der Waals surface area contributed by atoms with Crippen LogP contribution in [0.1, 0.15) is 51.1 Å². The van der Waals surface area contributed by atoms with Gasteiger partial charge in [-0.05, 0) is 71.5 Å². The molecule has 0 aromatic heterocycles. The number of fused-ring (bicyclic) bond motifs is 4. The van der Waals surface area contributed by atoms with Crippen LogP contribution in [-0.2, 0) is 24.4 Å². The highest BCUT2D eigenvalue weighted by Gasteiger charge is 2.46. The number of rotatable bonds is 16. The maximum atomic E-state index is 14.1. The monoisotopic (exact) mass is 904 g/mol. The first-order valence-corrected chi connectivity index (χ1v) is 21.5. The fourth-order valence-corrected chi connectivity index (χ4v) is 9.05. The second kappa shape index (κ2) is 18.3. The summed E-state index contributed by atoms with van der Waals surface area (Å²) in [6, 6.07) is 19.4. The highest BCUT2D eigenvalue weighted by atomic mass is 32.2. The van der Waals surface area contributed by atoms with Crippen molar-refractivity contribution in [2.24, 2.45) is 0 Å². The molecule has 4 aliphatic heterocycles. The van der Waals surface area contributed by atoms with Gasteiger partial charge in [0, 0.05) is 43.9 Å². The van der Waals surface area contributed by atoms with Crippen molar-refractivity contribution in [1.82, 2.24) is 9.80 Å². The fraction of sp³-hybridized carbons (Fsp3) is 0.302. The molecule has 4 atom stereocenters. The number of carbonyl (C=O) groups excluding carboxylic acids is 2. The Morgan fingerprint density at radius 2 is 1.19 bits per heavy atom. The Labute approximate surface area is 368 Å². The van der Waals surface area contributed by atoms with Crippen LogP contribution < -0.4 is 39.1 Å². The van der Waals surface area contributed by atoms with E-state index in [2.05, 4.69) is 27.9 Å². The fourth-order valence-electron chi connectivity index (χ4n) is 8.11. The van der Waals surface area contributed by atoms with Crippen molar-refractivity contribution >= 4 is 57.4 Å². The molecule has 4 aromatic rings. The number of ether oxygens (including phenoxy) is 6. The van der Waals surface area contributed by atoms with Gasteiger partial charge in [-0.1, -0.05) is 29.3 Å². The van der Waals surface area contributed by atoms with Gasteiger partial charge in [0.2, 0.25) is 0 Å². The summed E-state index contributed by atoms with van der Waals surface area (Å²) in [5.41, 5.74) is 4.13. The molecule has 4 aromatic carbocycles. The summed E-state index contributed by atoms with van der Waals surface area (Å²) in [5, 5.41) is 9.34. The van der Waals surface area contributed by atoms with Crippen LogP contribution in [0.3, 0.4) is 0 Å². The largest absolute Gasteiger partial charge is 0.497 e. The van der Waals surface area contributed by atoms with Gasteiger partial charge in [-0.2, -0.15) is 13.3 Å². The zero-order chi connectivity index (χ0) is 44.4. The smallest absolute Gasteiger partial charge is 0.288 e. The van der Waals surface area contributed by atoms with Crippen LogP contribution in [0.25, 0.3) is 11.1 Å². The highest BCUT2D eigenvalue weighted by Crippen LogP contribution is 2.44. The molecule has 0 radical (unpaired) electrons. The first-order chi connectivity index (χ1) is 30.4. The van der Waals surface area contributed by atoms with E-state index in [1.807, 2.05) is 30.3 Å². The van der Waals surface area contributed by atoms with Crippen LogP contribution in [0.4, 0.5) is 11.4 Å². The Morgan fingerprint density at radius 1 is 0.683 bits per heavy atom. The Hall–Kier alpha value is -6.16. The molecule has 0 saturated heterocycles. The van der Waals surface area contributed by atoms with Crippen molar-refractivity contribution in [3.8, 4) is 34.5 Å². The SMILES string of the molecule is COc1cccc(C2=CN3C(=O)c4cc(OC)c(OCCCOc5cc6c(cc5OC)C(=O)N5C=C(c7cccc(OC)c7)C[C@H]5C(S(=O)(=O)O)N6)cc4NC(OOOS)[C@@H]3C2)c1. The van der Waals surface area contributed by atoms with Gasteiger partial charge in [-0.3, -0.25) is 14.1 Å². The lowest BCUT2D eigenvalue weighted by Gasteiger charge is -2.26. The summed E-state index contributed by atoms with van der Waals surface area (Å²) in [7, 11) is 1.28. The molecule has 0 aliphatic carbocycles. The van der Waals surface area contributed by atoms with Gasteiger partial charge in [-0.25, -0.2) is 0 Å². The molecule has 332 valence electrons. The van der Waals surface area contributed by atoms with E-state index >= 15 is 0 Å². The van der Waals surface area contributed by atoms with Crippen molar-refractivity contribution in [3.63, 3.8) is 0 Å². The van der Waals surface area contributed by atoms with Crippen LogP contribution in [0, 0.1) is 0 Å². The molecule has 4 heterocycles. The average Bonchev–Trinajstić information content (AvgIpc) is 3.90. The third-order valence-corrected chi connectivity index (χ3v) is 12.3. The number of carbonyl (C=O) groups is 2. The van der Waals surface area contributed by atoms with Gasteiger partial charge < -0.3 is 48.9 Å². The van der Waals surface area contributed by atoms with E-state index in [0.29, 0.717) is 52.7 Å². The van der Waals surface area contributed by atoms with E-state index in [0.717, 1.165) is 16.7 Å². The Bertz CT molecular complexity index is 2590. The quantitative estimate of drug-likeness (QED) is 0.0247. The predicted molar refractivity (Wildman–Crippen MR) is 231 cm³/mol. The molecule has 2 amide bonds. The predicted octanol–water partition coefficient (Wildman–Crippen LogP) is 6.20. The standard InChI is InChI=1S/C43H44N4O14S2/c1-53-28-10-5-8-24(14-28)26-16-34-40(59-60-61-62)44-32-20-38(36(55-3)18-30(32)42(48)46(34)22-26)57-12-7-13-58-39-21-33-31(19-37(39)56-4)43(49)47-23-27(25-9-6-11-29(15-25)54-2)17-35(47)41(45-33)63(50,51)52/h5-6,8-11,14-15,18-23,34-35,40-41,44-45,62H,7,12-13,16-17H2,1-4H3,(H,50,51,52)/t34-,35-,40?,41?/m0/s1. The molecule has 18 nitrogen and oxygen atoms in total. The number of nitrogens with zero attached hydrogens (tertiary/aromatic N) is 2. The molecule has 4 aliphatic rings. The number of nitrogens with one attached hydrogen (secondary N) is 2. The average molecular weight is 905 g/mol. The number of amides is 2. The molecule has 20 heteroatoms. The van der Waals surface area contributed by atoms with Crippen molar-refractivity contribution in [2.75, 3.05) is 52.3 Å². The Morgan fingerprint density at radius 3 is 1.68 bits per heavy atom. The highest BCUT2D eigenvalue weighted by molar-refractivity contribution is 7.86. The minimum absolute atomic E-state index is 0.103. The number of methoxy groups -OCH3 is 4. The van der Waals surface area contributed by atoms with Crippen molar-refractivity contribution in [3.05, 3.63) is 107 Å². The Balaban J connectivity index is 0.974. The lowest BCUT2D eigenvalue weighted by atomic mass is 10.0. The zero-order valence-electron chi connectivity index (χ0n) is 34.4. The van der Waals surface area contributed by atoms with Gasteiger partial charge in [0.1, 0.15) is 11.5 Å². The van der Waals surface area contributed by atoms with E-state index in [1.165, 1.54) is 38.4 Å². The first kappa shape index (κ1) is 43.5. The van der Waals surface area contributed by atoms with Crippen molar-refractivity contribution < 1.29 is 65.2 Å². The number of benzene rings is 4. The maximum absolute atomic E-state index is 14.1. The molecule has 63 heavy (non-hydrogen) atoms. The van der Waals surface area contributed by atoms with Gasteiger partial charge in [-0.15, -0.1) is 4.33 Å². The summed E-state index contributed by atoms with van der Waals surface area (Å²) in [4.78, 5) is 36.6. The second-order valence-corrected chi connectivity index (χ2v) is 16.5. The molecule has 0 fully saturated rings. The summed E-state index contributed by atoms with van der Waals surface area (Å²) in [6.07, 6.45) is 3.35. The van der Waals surface area contributed by atoms with Crippen LogP contribution >= 0.6 is 12.9 Å².